The molecule has 0 radical (unpaired) electrons. The van der Waals surface area contributed by atoms with Gasteiger partial charge in [0.2, 0.25) is 0 Å². The fourth-order valence-corrected chi connectivity index (χ4v) is 3.27. The number of anilines is 1. The maximum absolute atomic E-state index is 12.5. The third-order valence-electron chi connectivity index (χ3n) is 4.30. The third-order valence-corrected chi connectivity index (χ3v) is 4.30. The number of likely N-dealkylation sites (tertiary alicyclic amines) is 1. The van der Waals surface area contributed by atoms with E-state index < -0.39 is 0 Å². The number of rotatable bonds is 2. The van der Waals surface area contributed by atoms with E-state index in [9.17, 15) is 4.79 Å². The summed E-state index contributed by atoms with van der Waals surface area (Å²) in [5.74, 6) is 0.0888. The fraction of sp³-hybridized carbons (Fsp3) is 0.562. The second kappa shape index (κ2) is 5.83. The predicted molar refractivity (Wildman–Crippen MR) is 81.2 cm³/mol. The molecule has 0 aromatic heterocycles. The summed E-state index contributed by atoms with van der Waals surface area (Å²) in [4.78, 5) is 14.8. The van der Waals surface area contributed by atoms with Crippen LogP contribution in [0.25, 0.3) is 0 Å². The molecule has 2 aliphatic heterocycles. The van der Waals surface area contributed by atoms with Crippen LogP contribution in [-0.4, -0.2) is 43.5 Å². The van der Waals surface area contributed by atoms with Crippen molar-refractivity contribution in [1.29, 1.82) is 0 Å². The molecule has 0 aliphatic carbocycles. The third kappa shape index (κ3) is 2.80. The normalized spacial score (nSPS) is 22.8. The first kappa shape index (κ1) is 13.4. The molecular formula is C16H23N3O. The highest BCUT2D eigenvalue weighted by Crippen LogP contribution is 2.25. The van der Waals surface area contributed by atoms with Crippen molar-refractivity contribution in [3.63, 3.8) is 0 Å². The number of hydrogen-bond acceptors (Lipinski definition) is 3. The topological polar surface area (TPSA) is 44.4 Å². The molecule has 2 heterocycles. The van der Waals surface area contributed by atoms with Crippen molar-refractivity contribution < 1.29 is 4.79 Å². The Hall–Kier alpha value is -1.55. The highest BCUT2D eigenvalue weighted by atomic mass is 16.1. The number of hydrogen-bond donors (Lipinski definition) is 2. The SMILES string of the molecule is CN1CCCC(NC(=O)c2cccc3c2CCCN3)C1. The molecule has 1 aromatic rings. The molecule has 0 spiro atoms. The molecule has 1 amide bonds. The van der Waals surface area contributed by atoms with Crippen molar-refractivity contribution in [2.45, 2.75) is 31.7 Å². The van der Waals surface area contributed by atoms with E-state index in [1.807, 2.05) is 12.1 Å². The van der Waals surface area contributed by atoms with Crippen LogP contribution in [0.4, 0.5) is 5.69 Å². The maximum atomic E-state index is 12.5. The molecule has 1 saturated heterocycles. The molecule has 108 valence electrons. The van der Waals surface area contributed by atoms with Gasteiger partial charge in [-0.05, 0) is 57.0 Å². The Morgan fingerprint density at radius 3 is 3.15 bits per heavy atom. The molecule has 20 heavy (non-hydrogen) atoms. The monoisotopic (exact) mass is 273 g/mol. The fourth-order valence-electron chi connectivity index (χ4n) is 3.27. The van der Waals surface area contributed by atoms with Crippen molar-refractivity contribution in [2.75, 3.05) is 32.0 Å². The lowest BCUT2D eigenvalue weighted by Crippen LogP contribution is -2.46. The first-order valence-electron chi connectivity index (χ1n) is 7.59. The number of carbonyl (C=O) groups is 1. The van der Waals surface area contributed by atoms with Gasteiger partial charge in [0, 0.05) is 30.4 Å². The number of nitrogens with one attached hydrogen (secondary N) is 2. The number of benzene rings is 1. The number of likely N-dealkylation sites (N-methyl/N-ethyl adjacent to an activating group) is 1. The van der Waals surface area contributed by atoms with Crippen LogP contribution < -0.4 is 10.6 Å². The molecule has 1 unspecified atom stereocenters. The van der Waals surface area contributed by atoms with E-state index in [2.05, 4.69) is 28.6 Å². The molecule has 1 aromatic carbocycles. The average Bonchev–Trinajstić information content (AvgIpc) is 2.46. The van der Waals surface area contributed by atoms with Gasteiger partial charge in [-0.25, -0.2) is 0 Å². The Morgan fingerprint density at radius 2 is 2.30 bits per heavy atom. The summed E-state index contributed by atoms with van der Waals surface area (Å²) in [6.45, 7) is 3.10. The molecule has 2 N–H and O–H groups in total. The lowest BCUT2D eigenvalue weighted by Gasteiger charge is -2.30. The molecule has 4 nitrogen and oxygen atoms in total. The molecule has 0 bridgehead atoms. The predicted octanol–water partition coefficient (Wildman–Crippen LogP) is 1.87. The van der Waals surface area contributed by atoms with Gasteiger partial charge >= 0.3 is 0 Å². The maximum Gasteiger partial charge on any atom is 0.251 e. The average molecular weight is 273 g/mol. The van der Waals surface area contributed by atoms with Gasteiger partial charge in [-0.2, -0.15) is 0 Å². The van der Waals surface area contributed by atoms with Crippen LogP contribution in [0, 0.1) is 0 Å². The number of piperidine rings is 1. The van der Waals surface area contributed by atoms with E-state index in [1.165, 1.54) is 5.56 Å². The van der Waals surface area contributed by atoms with Gasteiger partial charge in [0.25, 0.3) is 5.91 Å². The number of carbonyl (C=O) groups excluding carboxylic acids is 1. The van der Waals surface area contributed by atoms with Crippen molar-refractivity contribution in [3.05, 3.63) is 29.3 Å². The summed E-state index contributed by atoms with van der Waals surface area (Å²) in [7, 11) is 2.12. The smallest absolute Gasteiger partial charge is 0.251 e. The summed E-state index contributed by atoms with van der Waals surface area (Å²) < 4.78 is 0. The van der Waals surface area contributed by atoms with Gasteiger partial charge < -0.3 is 15.5 Å². The molecule has 2 aliphatic rings. The molecule has 3 rings (SSSR count). The second-order valence-electron chi connectivity index (χ2n) is 5.94. The summed E-state index contributed by atoms with van der Waals surface area (Å²) in [5.41, 5.74) is 3.16. The Labute approximate surface area is 120 Å². The zero-order valence-corrected chi connectivity index (χ0v) is 12.1. The van der Waals surface area contributed by atoms with Crippen molar-refractivity contribution in [2.24, 2.45) is 0 Å². The quantitative estimate of drug-likeness (QED) is 0.864. The molecule has 1 atom stereocenters. The van der Waals surface area contributed by atoms with E-state index in [0.29, 0.717) is 0 Å². The Balaban J connectivity index is 1.74. The largest absolute Gasteiger partial charge is 0.385 e. The highest BCUT2D eigenvalue weighted by Gasteiger charge is 2.22. The van der Waals surface area contributed by atoms with Crippen LogP contribution in [0.15, 0.2) is 18.2 Å². The lowest BCUT2D eigenvalue weighted by molar-refractivity contribution is 0.0911. The summed E-state index contributed by atoms with van der Waals surface area (Å²) in [6, 6.07) is 6.28. The summed E-state index contributed by atoms with van der Waals surface area (Å²) in [5, 5.41) is 6.59. The first-order chi connectivity index (χ1) is 9.74. The summed E-state index contributed by atoms with van der Waals surface area (Å²) >= 11 is 0. The van der Waals surface area contributed by atoms with E-state index in [-0.39, 0.29) is 11.9 Å². The van der Waals surface area contributed by atoms with E-state index in [1.54, 1.807) is 0 Å². The number of nitrogens with zero attached hydrogens (tertiary/aromatic N) is 1. The van der Waals surface area contributed by atoms with Crippen molar-refractivity contribution in [1.82, 2.24) is 10.2 Å². The van der Waals surface area contributed by atoms with Crippen LogP contribution in [-0.2, 0) is 6.42 Å². The van der Waals surface area contributed by atoms with Crippen LogP contribution in [0.3, 0.4) is 0 Å². The molecule has 4 heteroatoms. The Bertz CT molecular complexity index is 500. The minimum absolute atomic E-state index is 0.0888. The van der Waals surface area contributed by atoms with Crippen LogP contribution in [0.2, 0.25) is 0 Å². The summed E-state index contributed by atoms with van der Waals surface area (Å²) in [6.07, 6.45) is 4.35. The molecular weight excluding hydrogens is 250 g/mol. The minimum Gasteiger partial charge on any atom is -0.385 e. The highest BCUT2D eigenvalue weighted by molar-refractivity contribution is 5.97. The Kier molecular flexibility index (Phi) is 3.92. The van der Waals surface area contributed by atoms with Crippen LogP contribution in [0.1, 0.15) is 35.2 Å². The van der Waals surface area contributed by atoms with Crippen molar-refractivity contribution >= 4 is 11.6 Å². The Morgan fingerprint density at radius 1 is 1.40 bits per heavy atom. The van der Waals surface area contributed by atoms with Gasteiger partial charge in [0.1, 0.15) is 0 Å². The van der Waals surface area contributed by atoms with Gasteiger partial charge in [0.15, 0.2) is 0 Å². The zero-order chi connectivity index (χ0) is 13.9. The second-order valence-corrected chi connectivity index (χ2v) is 5.94. The number of amides is 1. The van der Waals surface area contributed by atoms with Gasteiger partial charge in [-0.1, -0.05) is 6.07 Å². The van der Waals surface area contributed by atoms with E-state index in [0.717, 1.165) is 56.6 Å². The van der Waals surface area contributed by atoms with Crippen LogP contribution in [0.5, 0.6) is 0 Å². The molecule has 0 saturated carbocycles. The minimum atomic E-state index is 0.0888. The van der Waals surface area contributed by atoms with E-state index >= 15 is 0 Å². The standard InChI is InChI=1S/C16H23N3O/c1-19-10-4-5-12(11-19)18-16(20)14-6-2-8-15-13(14)7-3-9-17-15/h2,6,8,12,17H,3-5,7,9-11H2,1H3,(H,18,20). The van der Waals surface area contributed by atoms with Gasteiger partial charge in [-0.3, -0.25) is 4.79 Å². The first-order valence-corrected chi connectivity index (χ1v) is 7.59. The number of fused-ring (bicyclic) bond motifs is 1. The van der Waals surface area contributed by atoms with Crippen molar-refractivity contribution in [3.8, 4) is 0 Å². The zero-order valence-electron chi connectivity index (χ0n) is 12.1. The molecule has 1 fully saturated rings. The van der Waals surface area contributed by atoms with Gasteiger partial charge in [-0.15, -0.1) is 0 Å². The lowest BCUT2D eigenvalue weighted by atomic mass is 9.96. The van der Waals surface area contributed by atoms with Crippen LogP contribution >= 0.6 is 0 Å². The van der Waals surface area contributed by atoms with E-state index in [4.69, 9.17) is 0 Å². The van der Waals surface area contributed by atoms with Gasteiger partial charge in [0.05, 0.1) is 0 Å².